The van der Waals surface area contributed by atoms with Crippen molar-refractivity contribution in [3.8, 4) is 5.75 Å². The molecule has 5 rings (SSSR count). The van der Waals surface area contributed by atoms with Crippen LogP contribution < -0.4 is 10.1 Å². The van der Waals surface area contributed by atoms with E-state index < -0.39 is 23.2 Å². The number of halogens is 2. The molecule has 2 fully saturated rings. The molecule has 12 heteroatoms. The van der Waals surface area contributed by atoms with Gasteiger partial charge in [-0.15, -0.1) is 0 Å². The molecule has 9 nitrogen and oxygen atoms in total. The molecule has 1 aromatic heterocycles. The molecule has 0 atom stereocenters. The molecule has 0 spiro atoms. The van der Waals surface area contributed by atoms with Gasteiger partial charge in [-0.3, -0.25) is 19.5 Å². The van der Waals surface area contributed by atoms with Crippen LogP contribution in [0.15, 0.2) is 60.8 Å². The highest BCUT2D eigenvalue weighted by molar-refractivity contribution is 7.51. The van der Waals surface area contributed by atoms with Crippen molar-refractivity contribution in [3.05, 3.63) is 94.8 Å². The molecule has 2 aliphatic heterocycles. The number of pyridine rings is 1. The van der Waals surface area contributed by atoms with Gasteiger partial charge in [-0.25, -0.2) is 8.78 Å². The van der Waals surface area contributed by atoms with E-state index >= 15 is 0 Å². The summed E-state index contributed by atoms with van der Waals surface area (Å²) < 4.78 is 49.6. The largest absolute Gasteiger partial charge is 0.490 e. The SMILES string of the molecule is Cc1ccc(OC2CCN(C(=O)c3ccc(C(=O)NC4CCN(Cc5cc(F)cc(F)c5)CC4)nc3)CC2)cc1.O=S=O. The van der Waals surface area contributed by atoms with E-state index in [4.69, 9.17) is 13.2 Å². The first kappa shape index (κ1) is 31.9. The molecule has 1 N–H and O–H groups in total. The summed E-state index contributed by atoms with van der Waals surface area (Å²) in [5.41, 5.74) is 2.50. The molecule has 43 heavy (non-hydrogen) atoms. The van der Waals surface area contributed by atoms with E-state index in [-0.39, 0.29) is 29.7 Å². The summed E-state index contributed by atoms with van der Waals surface area (Å²) in [7, 11) is 0. The van der Waals surface area contributed by atoms with Gasteiger partial charge < -0.3 is 15.0 Å². The Balaban J connectivity index is 0.00000135. The van der Waals surface area contributed by atoms with Gasteiger partial charge in [0.05, 0.1) is 5.56 Å². The molecule has 3 heterocycles. The van der Waals surface area contributed by atoms with Crippen molar-refractivity contribution in [2.24, 2.45) is 0 Å². The zero-order valence-corrected chi connectivity index (χ0v) is 24.7. The summed E-state index contributed by atoms with van der Waals surface area (Å²) in [6.45, 7) is 5.11. The maximum Gasteiger partial charge on any atom is 0.335 e. The van der Waals surface area contributed by atoms with Crippen molar-refractivity contribution >= 4 is 23.4 Å². The fourth-order valence-corrected chi connectivity index (χ4v) is 5.28. The summed E-state index contributed by atoms with van der Waals surface area (Å²) >= 11 is -0.750. The number of carbonyl (C=O) groups excluding carboxylic acids is 2. The maximum absolute atomic E-state index is 13.5. The number of nitrogens with one attached hydrogen (secondary N) is 1. The highest BCUT2D eigenvalue weighted by Gasteiger charge is 2.26. The number of amides is 2. The number of rotatable bonds is 7. The number of nitrogens with zero attached hydrogens (tertiary/aromatic N) is 3. The third-order valence-corrected chi connectivity index (χ3v) is 7.55. The number of benzene rings is 2. The molecule has 0 unspecified atom stereocenters. The van der Waals surface area contributed by atoms with Gasteiger partial charge in [0, 0.05) is 63.9 Å². The Morgan fingerprint density at radius 1 is 0.930 bits per heavy atom. The topological polar surface area (TPSA) is 109 Å². The van der Waals surface area contributed by atoms with E-state index in [0.29, 0.717) is 43.9 Å². The second-order valence-corrected chi connectivity index (χ2v) is 10.9. The molecule has 0 bridgehead atoms. The van der Waals surface area contributed by atoms with Crippen molar-refractivity contribution in [3.63, 3.8) is 0 Å². The van der Waals surface area contributed by atoms with Gasteiger partial charge in [-0.1, -0.05) is 17.7 Å². The number of hydrogen-bond donors (Lipinski definition) is 1. The lowest BCUT2D eigenvalue weighted by Gasteiger charge is -2.32. The lowest BCUT2D eigenvalue weighted by Crippen LogP contribution is -2.44. The summed E-state index contributed by atoms with van der Waals surface area (Å²) in [5.74, 6) is -0.687. The first-order valence-electron chi connectivity index (χ1n) is 14.1. The summed E-state index contributed by atoms with van der Waals surface area (Å²) in [6, 6.07) is 14.8. The molecule has 2 saturated heterocycles. The Morgan fingerprint density at radius 2 is 1.56 bits per heavy atom. The molecule has 228 valence electrons. The molecular weight excluding hydrogens is 578 g/mol. The van der Waals surface area contributed by atoms with Gasteiger partial charge in [0.1, 0.15) is 29.2 Å². The van der Waals surface area contributed by atoms with Crippen LogP contribution in [-0.2, 0) is 18.1 Å². The van der Waals surface area contributed by atoms with Gasteiger partial charge in [-0.05, 0) is 61.7 Å². The van der Waals surface area contributed by atoms with Crippen molar-refractivity contribution < 1.29 is 31.5 Å². The lowest BCUT2D eigenvalue weighted by atomic mass is 10.0. The van der Waals surface area contributed by atoms with E-state index in [1.165, 1.54) is 23.9 Å². The number of piperidine rings is 2. The highest BCUT2D eigenvalue weighted by Crippen LogP contribution is 2.21. The quantitative estimate of drug-likeness (QED) is 0.429. The van der Waals surface area contributed by atoms with Crippen molar-refractivity contribution in [1.29, 1.82) is 0 Å². The molecule has 0 saturated carbocycles. The Hall–Kier alpha value is -4.03. The molecule has 0 aliphatic carbocycles. The van der Waals surface area contributed by atoms with Crippen molar-refractivity contribution in [2.75, 3.05) is 26.2 Å². The summed E-state index contributed by atoms with van der Waals surface area (Å²) in [4.78, 5) is 33.9. The van der Waals surface area contributed by atoms with Crippen molar-refractivity contribution in [2.45, 2.75) is 51.3 Å². The van der Waals surface area contributed by atoms with Gasteiger partial charge in [0.15, 0.2) is 0 Å². The Kier molecular flexibility index (Phi) is 11.5. The van der Waals surface area contributed by atoms with Crippen LogP contribution in [0, 0.1) is 18.6 Å². The number of aryl methyl sites for hydroxylation is 1. The number of aromatic nitrogens is 1. The molecular formula is C31H34F2N4O5S. The predicted octanol–water partition coefficient (Wildman–Crippen LogP) is 4.08. The number of hydrogen-bond acceptors (Lipinski definition) is 7. The number of carbonyl (C=O) groups is 2. The lowest BCUT2D eigenvalue weighted by molar-refractivity contribution is 0.0594. The third-order valence-electron chi connectivity index (χ3n) is 7.55. The third kappa shape index (κ3) is 9.48. The zero-order chi connectivity index (χ0) is 30.8. The van der Waals surface area contributed by atoms with Crippen LogP contribution in [0.4, 0.5) is 8.78 Å². The second-order valence-electron chi connectivity index (χ2n) is 10.7. The molecule has 2 amide bonds. The van der Waals surface area contributed by atoms with Crippen LogP contribution in [0.1, 0.15) is 57.7 Å². The summed E-state index contributed by atoms with van der Waals surface area (Å²) in [5, 5.41) is 3.02. The normalized spacial score (nSPS) is 16.1. The maximum atomic E-state index is 13.5. The van der Waals surface area contributed by atoms with E-state index in [0.717, 1.165) is 37.5 Å². The van der Waals surface area contributed by atoms with Gasteiger partial charge in [0.25, 0.3) is 11.8 Å². The van der Waals surface area contributed by atoms with E-state index in [1.54, 1.807) is 17.0 Å². The van der Waals surface area contributed by atoms with Crippen LogP contribution in [0.2, 0.25) is 0 Å². The van der Waals surface area contributed by atoms with E-state index in [2.05, 4.69) is 15.2 Å². The minimum atomic E-state index is -0.750. The molecule has 2 aliphatic rings. The first-order chi connectivity index (χ1) is 20.7. The van der Waals surface area contributed by atoms with Crippen LogP contribution in [0.3, 0.4) is 0 Å². The molecule has 3 aromatic rings. The average Bonchev–Trinajstić information content (AvgIpc) is 2.99. The van der Waals surface area contributed by atoms with E-state index in [9.17, 15) is 18.4 Å². The second kappa shape index (κ2) is 15.4. The smallest absolute Gasteiger partial charge is 0.335 e. The Bertz CT molecular complexity index is 1400. The van der Waals surface area contributed by atoms with Crippen LogP contribution >= 0.6 is 0 Å². The fraction of sp³-hybridized carbons (Fsp3) is 0.387. The summed E-state index contributed by atoms with van der Waals surface area (Å²) in [6.07, 6.45) is 4.50. The van der Waals surface area contributed by atoms with Gasteiger partial charge in [-0.2, -0.15) is 8.42 Å². The molecule has 2 aromatic carbocycles. The minimum absolute atomic E-state index is 0.0143. The Morgan fingerprint density at radius 3 is 2.14 bits per heavy atom. The standard InChI is InChI=1S/C31H34F2N4O3.O2S/c1-21-2-5-27(6-3-21)40-28-10-14-37(15-11-28)31(39)23-4-7-29(34-19-23)30(38)35-26-8-12-36(13-9-26)20-22-16-24(32)18-25(33)17-22;1-3-2/h2-7,16-19,26,28H,8-15,20H2,1H3,(H,35,38);. The number of likely N-dealkylation sites (tertiary alicyclic amines) is 2. The van der Waals surface area contributed by atoms with Crippen LogP contribution in [0.5, 0.6) is 5.75 Å². The average molecular weight is 613 g/mol. The fourth-order valence-electron chi connectivity index (χ4n) is 5.28. The molecule has 0 radical (unpaired) electrons. The van der Waals surface area contributed by atoms with Gasteiger partial charge in [0.2, 0.25) is 0 Å². The first-order valence-corrected chi connectivity index (χ1v) is 14.8. The number of ether oxygens (including phenoxy) is 1. The minimum Gasteiger partial charge on any atom is -0.490 e. The van der Waals surface area contributed by atoms with Crippen molar-refractivity contribution in [1.82, 2.24) is 20.1 Å². The monoisotopic (exact) mass is 612 g/mol. The van der Waals surface area contributed by atoms with E-state index in [1.807, 2.05) is 31.2 Å². The highest BCUT2D eigenvalue weighted by atomic mass is 32.1. The van der Waals surface area contributed by atoms with Crippen LogP contribution in [0.25, 0.3) is 0 Å². The zero-order valence-electron chi connectivity index (χ0n) is 23.8. The Labute approximate surface area is 252 Å². The van der Waals surface area contributed by atoms with Crippen LogP contribution in [-0.4, -0.2) is 73.3 Å². The van der Waals surface area contributed by atoms with Gasteiger partial charge >= 0.3 is 11.6 Å². The predicted molar refractivity (Wildman–Crippen MR) is 156 cm³/mol.